The van der Waals surface area contributed by atoms with Gasteiger partial charge in [0.15, 0.2) is 0 Å². The molecule has 54 heavy (non-hydrogen) atoms. The molecule has 0 saturated heterocycles. The average molecular weight is 687 g/mol. The third kappa shape index (κ3) is 4.22. The zero-order chi connectivity index (χ0) is 35.3. The van der Waals surface area contributed by atoms with E-state index in [2.05, 4.69) is 170 Å². The predicted octanol–water partition coefficient (Wildman–Crippen LogP) is 15.1. The molecule has 0 N–H and O–H groups in total. The SMILES string of the molecule is c1cc(-c2c3ccccc3c(-c3ccc4ccccc4c3)c3ccccc23)cc(-c2cc3oc4cc5c(cc4c3c3ccccc23)oc2ccccc25)c1. The first-order chi connectivity index (χ1) is 26.8. The van der Waals surface area contributed by atoms with Crippen LogP contribution >= 0.6 is 0 Å². The van der Waals surface area contributed by atoms with Crippen LogP contribution in [0.1, 0.15) is 0 Å². The monoisotopic (exact) mass is 686 g/mol. The maximum atomic E-state index is 6.72. The Morgan fingerprint density at radius 3 is 1.54 bits per heavy atom. The van der Waals surface area contributed by atoms with Crippen LogP contribution in [0.4, 0.5) is 0 Å². The molecular weight excluding hydrogens is 657 g/mol. The highest BCUT2D eigenvalue weighted by Gasteiger charge is 2.20. The van der Waals surface area contributed by atoms with E-state index in [0.717, 1.165) is 55.0 Å². The van der Waals surface area contributed by atoms with Crippen LogP contribution < -0.4 is 0 Å². The van der Waals surface area contributed by atoms with Gasteiger partial charge in [-0.15, -0.1) is 0 Å². The lowest BCUT2D eigenvalue weighted by Gasteiger charge is -2.18. The van der Waals surface area contributed by atoms with Gasteiger partial charge in [-0.1, -0.05) is 146 Å². The second kappa shape index (κ2) is 11.2. The molecule has 0 atom stereocenters. The zero-order valence-corrected chi connectivity index (χ0v) is 29.1. The molecule has 2 nitrogen and oxygen atoms in total. The Hall–Kier alpha value is -7.16. The van der Waals surface area contributed by atoms with Gasteiger partial charge in [0.2, 0.25) is 0 Å². The minimum absolute atomic E-state index is 0.865. The molecule has 0 saturated carbocycles. The molecule has 2 heterocycles. The van der Waals surface area contributed by atoms with Crippen molar-refractivity contribution in [2.45, 2.75) is 0 Å². The van der Waals surface area contributed by atoms with Gasteiger partial charge >= 0.3 is 0 Å². The highest BCUT2D eigenvalue weighted by molar-refractivity contribution is 6.25. The van der Waals surface area contributed by atoms with Crippen LogP contribution in [-0.4, -0.2) is 0 Å². The maximum Gasteiger partial charge on any atom is 0.136 e. The first-order valence-corrected chi connectivity index (χ1v) is 18.5. The number of benzene rings is 10. The lowest BCUT2D eigenvalue weighted by molar-refractivity contribution is 0.664. The van der Waals surface area contributed by atoms with E-state index in [9.17, 15) is 0 Å². The van der Waals surface area contributed by atoms with E-state index in [1.165, 1.54) is 65.3 Å². The van der Waals surface area contributed by atoms with Crippen molar-refractivity contribution in [2.24, 2.45) is 0 Å². The van der Waals surface area contributed by atoms with Crippen molar-refractivity contribution in [1.82, 2.24) is 0 Å². The Bertz CT molecular complexity index is 3450. The largest absolute Gasteiger partial charge is 0.456 e. The Labute approximate surface area is 310 Å². The van der Waals surface area contributed by atoms with Crippen molar-refractivity contribution in [1.29, 1.82) is 0 Å². The third-order valence-corrected chi connectivity index (χ3v) is 11.4. The Morgan fingerprint density at radius 2 is 0.796 bits per heavy atom. The summed E-state index contributed by atoms with van der Waals surface area (Å²) in [6.45, 7) is 0. The van der Waals surface area contributed by atoms with Crippen LogP contribution in [0.25, 0.3) is 120 Å². The van der Waals surface area contributed by atoms with Crippen molar-refractivity contribution >= 4 is 87.0 Å². The molecule has 0 aliphatic rings. The van der Waals surface area contributed by atoms with E-state index >= 15 is 0 Å². The fourth-order valence-electron chi connectivity index (χ4n) is 9.03. The van der Waals surface area contributed by atoms with Gasteiger partial charge in [-0.3, -0.25) is 0 Å². The van der Waals surface area contributed by atoms with Crippen LogP contribution in [0, 0.1) is 0 Å². The number of hydrogen-bond donors (Lipinski definition) is 0. The molecule has 0 radical (unpaired) electrons. The Morgan fingerprint density at radius 1 is 0.259 bits per heavy atom. The summed E-state index contributed by atoms with van der Waals surface area (Å²) >= 11 is 0. The number of hydrogen-bond acceptors (Lipinski definition) is 2. The van der Waals surface area contributed by atoms with Crippen molar-refractivity contribution in [3.05, 3.63) is 182 Å². The minimum atomic E-state index is 0.865. The lowest BCUT2D eigenvalue weighted by atomic mass is 9.85. The van der Waals surface area contributed by atoms with Gasteiger partial charge in [0.1, 0.15) is 22.3 Å². The topological polar surface area (TPSA) is 26.3 Å². The fourth-order valence-corrected chi connectivity index (χ4v) is 9.03. The van der Waals surface area contributed by atoms with Gasteiger partial charge < -0.3 is 8.83 Å². The summed E-state index contributed by atoms with van der Waals surface area (Å²) < 4.78 is 13.0. The molecule has 2 heteroatoms. The number of furan rings is 2. The molecule has 0 unspecified atom stereocenters. The second-order valence-corrected chi connectivity index (χ2v) is 14.4. The zero-order valence-electron chi connectivity index (χ0n) is 29.1. The molecule has 12 rings (SSSR count). The smallest absolute Gasteiger partial charge is 0.136 e. The van der Waals surface area contributed by atoms with E-state index in [1.807, 2.05) is 12.1 Å². The predicted molar refractivity (Wildman–Crippen MR) is 227 cm³/mol. The van der Waals surface area contributed by atoms with Crippen LogP contribution in [-0.2, 0) is 0 Å². The van der Waals surface area contributed by atoms with Crippen molar-refractivity contribution in [3.8, 4) is 33.4 Å². The quantitative estimate of drug-likeness (QED) is 0.173. The van der Waals surface area contributed by atoms with E-state index in [-0.39, 0.29) is 0 Å². The summed E-state index contributed by atoms with van der Waals surface area (Å²) in [5, 5.41) is 14.2. The summed E-state index contributed by atoms with van der Waals surface area (Å²) in [4.78, 5) is 0. The summed E-state index contributed by atoms with van der Waals surface area (Å²) in [6.07, 6.45) is 0. The van der Waals surface area contributed by atoms with Crippen molar-refractivity contribution in [3.63, 3.8) is 0 Å². The van der Waals surface area contributed by atoms with Crippen LogP contribution in [0.15, 0.2) is 191 Å². The van der Waals surface area contributed by atoms with Crippen LogP contribution in [0.5, 0.6) is 0 Å². The molecule has 0 aliphatic heterocycles. The van der Waals surface area contributed by atoms with E-state index < -0.39 is 0 Å². The minimum Gasteiger partial charge on any atom is -0.456 e. The van der Waals surface area contributed by atoms with Gasteiger partial charge in [-0.2, -0.15) is 0 Å². The van der Waals surface area contributed by atoms with Gasteiger partial charge in [0.05, 0.1) is 0 Å². The first-order valence-electron chi connectivity index (χ1n) is 18.5. The van der Waals surface area contributed by atoms with Crippen molar-refractivity contribution < 1.29 is 8.83 Å². The van der Waals surface area contributed by atoms with Crippen molar-refractivity contribution in [2.75, 3.05) is 0 Å². The molecule has 10 aromatic carbocycles. The number of rotatable bonds is 3. The normalized spacial score (nSPS) is 12.1. The Balaban J connectivity index is 1.09. The maximum absolute atomic E-state index is 6.72. The standard InChI is InChI=1S/C52H30O2/c1-2-13-32-26-35(25-24-31(32)12-1)51-41-21-7-5-19-39(41)50(40-20-6-8-22-42(40)51)34-15-11-14-33(27-34)43-28-49-52(38-18-4-3-16-36(38)43)45-30-47-44(29-48(45)54-49)37-17-9-10-23-46(37)53-47/h1-30H. The Kier molecular flexibility index (Phi) is 6.09. The summed E-state index contributed by atoms with van der Waals surface area (Å²) in [5.41, 5.74) is 10.7. The average Bonchev–Trinajstić information content (AvgIpc) is 3.78. The summed E-state index contributed by atoms with van der Waals surface area (Å²) in [6, 6.07) is 65.7. The molecule has 0 aliphatic carbocycles. The molecule has 0 bridgehead atoms. The van der Waals surface area contributed by atoms with Gasteiger partial charge in [-0.25, -0.2) is 0 Å². The van der Waals surface area contributed by atoms with Gasteiger partial charge in [-0.05, 0) is 113 Å². The van der Waals surface area contributed by atoms with Gasteiger partial charge in [0, 0.05) is 21.5 Å². The second-order valence-electron chi connectivity index (χ2n) is 14.4. The molecule has 0 fully saturated rings. The summed E-state index contributed by atoms with van der Waals surface area (Å²) in [5.74, 6) is 0. The molecule has 250 valence electrons. The third-order valence-electron chi connectivity index (χ3n) is 11.4. The van der Waals surface area contributed by atoms with Crippen LogP contribution in [0.3, 0.4) is 0 Å². The molecule has 12 aromatic rings. The molecular formula is C52H30O2. The lowest BCUT2D eigenvalue weighted by Crippen LogP contribution is -1.91. The molecule has 0 amide bonds. The first kappa shape index (κ1) is 29.4. The van der Waals surface area contributed by atoms with Crippen LogP contribution in [0.2, 0.25) is 0 Å². The molecule has 2 aromatic heterocycles. The highest BCUT2D eigenvalue weighted by atomic mass is 16.3. The summed E-state index contributed by atoms with van der Waals surface area (Å²) in [7, 11) is 0. The fraction of sp³-hybridized carbons (Fsp3) is 0. The highest BCUT2D eigenvalue weighted by Crippen LogP contribution is 2.46. The van der Waals surface area contributed by atoms with E-state index in [4.69, 9.17) is 8.83 Å². The number of fused-ring (bicyclic) bond motifs is 11. The number of para-hydroxylation sites is 1. The van der Waals surface area contributed by atoms with Gasteiger partial charge in [0.25, 0.3) is 0 Å². The van der Waals surface area contributed by atoms with E-state index in [0.29, 0.717) is 0 Å². The van der Waals surface area contributed by atoms with E-state index in [1.54, 1.807) is 0 Å². The molecule has 0 spiro atoms.